The van der Waals surface area contributed by atoms with Gasteiger partial charge in [0.25, 0.3) is 0 Å². The number of carbonyl (C=O) groups excluding carboxylic acids is 1. The summed E-state index contributed by atoms with van der Waals surface area (Å²) >= 11 is 0. The summed E-state index contributed by atoms with van der Waals surface area (Å²) in [7, 11) is 1.64. The number of ether oxygens (including phenoxy) is 1. The van der Waals surface area contributed by atoms with Gasteiger partial charge in [0.15, 0.2) is 0 Å². The van der Waals surface area contributed by atoms with Gasteiger partial charge < -0.3 is 14.2 Å². The van der Waals surface area contributed by atoms with Crippen LogP contribution >= 0.6 is 0 Å². The molecule has 1 unspecified atom stereocenters. The third-order valence-corrected chi connectivity index (χ3v) is 5.93. The molecule has 1 aromatic heterocycles. The Labute approximate surface area is 188 Å². The quantitative estimate of drug-likeness (QED) is 0.483. The van der Waals surface area contributed by atoms with Crippen molar-refractivity contribution < 1.29 is 13.9 Å². The third-order valence-electron chi connectivity index (χ3n) is 5.93. The fourth-order valence-electron chi connectivity index (χ4n) is 4.34. The molecule has 1 saturated heterocycles. The van der Waals surface area contributed by atoms with Gasteiger partial charge in [0.05, 0.1) is 30.9 Å². The zero-order valence-electron chi connectivity index (χ0n) is 18.7. The van der Waals surface area contributed by atoms with Crippen LogP contribution in [0.5, 0.6) is 5.75 Å². The lowest BCUT2D eigenvalue weighted by atomic mass is 9.95. The van der Waals surface area contributed by atoms with Crippen molar-refractivity contribution in [3.8, 4) is 11.4 Å². The van der Waals surface area contributed by atoms with Crippen molar-refractivity contribution in [2.24, 2.45) is 0 Å². The lowest BCUT2D eigenvalue weighted by molar-refractivity contribution is -0.131. The Hall–Kier alpha value is -3.41. The predicted molar refractivity (Wildman–Crippen MR) is 123 cm³/mol. The van der Waals surface area contributed by atoms with Crippen molar-refractivity contribution in [3.05, 3.63) is 83.2 Å². The molecule has 0 saturated carbocycles. The molecule has 1 amide bonds. The van der Waals surface area contributed by atoms with Gasteiger partial charge in [-0.15, -0.1) is 0 Å². The normalized spacial score (nSPS) is 16.4. The Morgan fingerprint density at radius 2 is 2.00 bits per heavy atom. The summed E-state index contributed by atoms with van der Waals surface area (Å²) in [6.45, 7) is 4.70. The van der Waals surface area contributed by atoms with E-state index in [4.69, 9.17) is 4.74 Å². The van der Waals surface area contributed by atoms with Gasteiger partial charge in [0.2, 0.25) is 5.91 Å². The number of halogens is 1. The van der Waals surface area contributed by atoms with Crippen LogP contribution in [0.2, 0.25) is 0 Å². The molecule has 1 fully saturated rings. The van der Waals surface area contributed by atoms with E-state index < -0.39 is 0 Å². The summed E-state index contributed by atoms with van der Waals surface area (Å²) in [6, 6.07) is 12.3. The molecule has 0 radical (unpaired) electrons. The first-order chi connectivity index (χ1) is 15.5. The predicted octanol–water partition coefficient (Wildman–Crippen LogP) is 5.49. The molecular weight excluding hydrogens is 405 g/mol. The van der Waals surface area contributed by atoms with E-state index in [2.05, 4.69) is 11.9 Å². The summed E-state index contributed by atoms with van der Waals surface area (Å²) in [5, 5.41) is 0. The summed E-state index contributed by atoms with van der Waals surface area (Å²) in [5.41, 5.74) is 4.49. The smallest absolute Gasteiger partial charge is 0.250 e. The topological polar surface area (TPSA) is 47.4 Å². The summed E-state index contributed by atoms with van der Waals surface area (Å²) in [6.07, 6.45) is 8.07. The fourth-order valence-corrected chi connectivity index (χ4v) is 4.34. The van der Waals surface area contributed by atoms with E-state index in [0.29, 0.717) is 6.54 Å². The van der Waals surface area contributed by atoms with E-state index >= 15 is 0 Å². The number of rotatable bonds is 6. The van der Waals surface area contributed by atoms with Crippen molar-refractivity contribution in [1.82, 2.24) is 14.5 Å². The van der Waals surface area contributed by atoms with Crippen LogP contribution in [-0.4, -0.2) is 34.0 Å². The van der Waals surface area contributed by atoms with Gasteiger partial charge in [0, 0.05) is 18.3 Å². The first-order valence-corrected chi connectivity index (χ1v) is 11.0. The van der Waals surface area contributed by atoms with E-state index in [9.17, 15) is 9.18 Å². The average Bonchev–Trinajstić information content (AvgIpc) is 3.23. The average molecular weight is 434 g/mol. The molecule has 2 aromatic carbocycles. The zero-order valence-corrected chi connectivity index (χ0v) is 18.7. The van der Waals surface area contributed by atoms with Crippen LogP contribution in [0.4, 0.5) is 4.39 Å². The highest BCUT2D eigenvalue weighted by Crippen LogP contribution is 2.32. The van der Waals surface area contributed by atoms with E-state index in [0.717, 1.165) is 53.1 Å². The second kappa shape index (κ2) is 9.39. The standard InChI is InChI=1S/C26H28FN3O2/c1-4-23(20-8-10-22(27)11-9-20)30-13-5-6-21(26(30)31)14-19-7-12-24(25(15-19)32-3)29-16-18(2)28-17-29/h7-12,14-17,23H,4-6,13H2,1-3H3/b21-14+. The van der Waals surface area contributed by atoms with Gasteiger partial charge in [-0.1, -0.05) is 25.1 Å². The molecule has 5 nitrogen and oxygen atoms in total. The van der Waals surface area contributed by atoms with Crippen molar-refractivity contribution in [2.75, 3.05) is 13.7 Å². The van der Waals surface area contributed by atoms with Crippen LogP contribution in [0.3, 0.4) is 0 Å². The molecule has 0 bridgehead atoms. The number of amides is 1. The van der Waals surface area contributed by atoms with Crippen molar-refractivity contribution in [3.63, 3.8) is 0 Å². The number of piperidine rings is 1. The van der Waals surface area contributed by atoms with Gasteiger partial charge in [-0.05, 0) is 67.7 Å². The number of likely N-dealkylation sites (tertiary alicyclic amines) is 1. The number of benzene rings is 2. The van der Waals surface area contributed by atoms with E-state index in [1.54, 1.807) is 25.6 Å². The molecule has 166 valence electrons. The molecule has 3 aromatic rings. The number of hydrogen-bond donors (Lipinski definition) is 0. The first kappa shape index (κ1) is 21.8. The molecule has 32 heavy (non-hydrogen) atoms. The maximum atomic E-state index is 13.4. The molecular formula is C26H28FN3O2. The fraction of sp³-hybridized carbons (Fsp3) is 0.308. The van der Waals surface area contributed by atoms with Gasteiger partial charge in [-0.3, -0.25) is 4.79 Å². The number of carbonyl (C=O) groups is 1. The van der Waals surface area contributed by atoms with E-state index in [1.165, 1.54) is 12.1 Å². The van der Waals surface area contributed by atoms with Crippen molar-refractivity contribution in [2.45, 2.75) is 39.2 Å². The van der Waals surface area contributed by atoms with Gasteiger partial charge in [0.1, 0.15) is 11.6 Å². The van der Waals surface area contributed by atoms with Crippen LogP contribution in [-0.2, 0) is 4.79 Å². The maximum Gasteiger partial charge on any atom is 0.250 e. The lowest BCUT2D eigenvalue weighted by Crippen LogP contribution is -2.39. The highest BCUT2D eigenvalue weighted by Gasteiger charge is 2.29. The molecule has 0 N–H and O–H groups in total. The molecule has 1 aliphatic rings. The van der Waals surface area contributed by atoms with Crippen LogP contribution < -0.4 is 4.74 Å². The molecule has 0 spiro atoms. The molecule has 2 heterocycles. The van der Waals surface area contributed by atoms with Crippen molar-refractivity contribution in [1.29, 1.82) is 0 Å². The molecule has 1 atom stereocenters. The number of nitrogens with zero attached hydrogens (tertiary/aromatic N) is 3. The van der Waals surface area contributed by atoms with E-state index in [-0.39, 0.29) is 17.8 Å². The number of hydrogen-bond acceptors (Lipinski definition) is 3. The largest absolute Gasteiger partial charge is 0.495 e. The molecule has 1 aliphatic heterocycles. The monoisotopic (exact) mass is 433 g/mol. The highest BCUT2D eigenvalue weighted by molar-refractivity contribution is 5.98. The number of methoxy groups -OCH3 is 1. The second-order valence-corrected chi connectivity index (χ2v) is 8.10. The Morgan fingerprint density at radius 3 is 2.66 bits per heavy atom. The molecule has 4 rings (SSSR count). The van der Waals surface area contributed by atoms with Crippen LogP contribution in [0.15, 0.2) is 60.6 Å². The summed E-state index contributed by atoms with van der Waals surface area (Å²) in [4.78, 5) is 19.6. The van der Waals surface area contributed by atoms with Crippen LogP contribution in [0.1, 0.15) is 49.0 Å². The Kier molecular flexibility index (Phi) is 6.40. The minimum Gasteiger partial charge on any atom is -0.495 e. The van der Waals surface area contributed by atoms with Gasteiger partial charge in [-0.2, -0.15) is 0 Å². The minimum absolute atomic E-state index is 0.0423. The molecule has 6 heteroatoms. The van der Waals surface area contributed by atoms with Crippen LogP contribution in [0.25, 0.3) is 11.8 Å². The molecule has 0 aliphatic carbocycles. The van der Waals surface area contributed by atoms with Crippen LogP contribution in [0, 0.1) is 12.7 Å². The second-order valence-electron chi connectivity index (χ2n) is 8.10. The first-order valence-electron chi connectivity index (χ1n) is 11.0. The summed E-state index contributed by atoms with van der Waals surface area (Å²) < 4.78 is 20.9. The maximum absolute atomic E-state index is 13.4. The Bertz CT molecular complexity index is 1130. The highest BCUT2D eigenvalue weighted by atomic mass is 19.1. The van der Waals surface area contributed by atoms with Gasteiger partial charge in [-0.25, -0.2) is 9.37 Å². The summed E-state index contributed by atoms with van der Waals surface area (Å²) in [5.74, 6) is 0.493. The Morgan fingerprint density at radius 1 is 1.22 bits per heavy atom. The number of imidazole rings is 1. The van der Waals surface area contributed by atoms with Crippen molar-refractivity contribution >= 4 is 12.0 Å². The number of aryl methyl sites for hydroxylation is 1. The van der Waals surface area contributed by atoms with Gasteiger partial charge >= 0.3 is 0 Å². The number of aromatic nitrogens is 2. The lowest BCUT2D eigenvalue weighted by Gasteiger charge is -2.35. The minimum atomic E-state index is -0.266. The Balaban J connectivity index is 1.61. The zero-order chi connectivity index (χ0) is 22.7. The third kappa shape index (κ3) is 4.44. The van der Waals surface area contributed by atoms with E-state index in [1.807, 2.05) is 46.9 Å². The SMILES string of the molecule is CCC(c1ccc(F)cc1)N1CCC/C(=C\c2ccc(-n3cnc(C)c3)c(OC)c2)C1=O.